The number of rotatable bonds is 6. The third-order valence-corrected chi connectivity index (χ3v) is 5.70. The normalized spacial score (nSPS) is 12.2. The van der Waals surface area contributed by atoms with E-state index in [-0.39, 0.29) is 34.1 Å². The molecular weight excluding hydrogens is 513 g/mol. The predicted molar refractivity (Wildman–Crippen MR) is 151 cm³/mol. The Kier molecular flexibility index (Phi) is 8.04. The van der Waals surface area contributed by atoms with E-state index in [1.807, 2.05) is 51.2 Å². The van der Waals surface area contributed by atoms with Crippen molar-refractivity contribution in [1.29, 1.82) is 0 Å². The maximum Gasteiger partial charge on any atom is 0.324 e. The number of hydrogen-bond donors (Lipinski definition) is 4. The summed E-state index contributed by atoms with van der Waals surface area (Å²) in [5, 5.41) is 6.06. The Labute approximate surface area is 230 Å². The predicted octanol–water partition coefficient (Wildman–Crippen LogP) is 4.82. The molecule has 0 atom stereocenters. The van der Waals surface area contributed by atoms with Crippen molar-refractivity contribution in [3.63, 3.8) is 0 Å². The van der Waals surface area contributed by atoms with Crippen LogP contribution < -0.4 is 31.8 Å². The number of ether oxygens (including phenoxy) is 1. The van der Waals surface area contributed by atoms with Gasteiger partial charge in [-0.1, -0.05) is 20.8 Å². The molecule has 40 heavy (non-hydrogen) atoms. The third kappa shape index (κ3) is 7.16. The molecule has 2 aromatic heterocycles. The van der Waals surface area contributed by atoms with Crippen LogP contribution in [-0.4, -0.2) is 22.8 Å². The molecule has 204 valence electrons. The fourth-order valence-electron chi connectivity index (χ4n) is 3.45. The van der Waals surface area contributed by atoms with E-state index in [0.717, 1.165) is 17.0 Å². The van der Waals surface area contributed by atoms with E-state index in [1.165, 1.54) is 30.5 Å². The summed E-state index contributed by atoms with van der Waals surface area (Å²) in [6, 6.07) is 15.4. The lowest BCUT2D eigenvalue weighted by atomic mass is 9.92. The van der Waals surface area contributed by atoms with E-state index < -0.39 is 17.8 Å². The standard InChI is InChI=1S/C29H28FN7O3/c1-29(2,3)25(31)16-26(35-18-6-8-22-17(13-18)5-4-11-33-22)37-28(39)36-23-9-7-19(14-21(23)30)40-20-10-12-34-24(15-20)27(32)38/h4-16H,31H2,1-3H3,(H2,32,38)(H2,35,36,37,39)/p+1/b25-16-. The van der Waals surface area contributed by atoms with Crippen molar-refractivity contribution in [1.82, 2.24) is 10.3 Å². The molecule has 0 spiro atoms. The number of anilines is 1. The molecule has 0 fully saturated rings. The highest BCUT2D eigenvalue weighted by Gasteiger charge is 2.16. The molecule has 4 rings (SSSR count). The Morgan fingerprint density at radius 2 is 1.82 bits per heavy atom. The van der Waals surface area contributed by atoms with Crippen LogP contribution in [0.2, 0.25) is 0 Å². The second-order valence-electron chi connectivity index (χ2n) is 9.85. The molecule has 0 radical (unpaired) electrons. The lowest BCUT2D eigenvalue weighted by molar-refractivity contribution is -0.344. The van der Waals surface area contributed by atoms with Crippen LogP contribution in [0.5, 0.6) is 11.5 Å². The van der Waals surface area contributed by atoms with Gasteiger partial charge in [-0.25, -0.2) is 19.2 Å². The van der Waals surface area contributed by atoms with E-state index in [0.29, 0.717) is 11.4 Å². The van der Waals surface area contributed by atoms with Gasteiger partial charge in [0.25, 0.3) is 5.91 Å². The topological polar surface area (TPSA) is 159 Å². The number of halogens is 1. The molecular formula is C29H29FN7O3+. The summed E-state index contributed by atoms with van der Waals surface area (Å²) in [6.07, 6.45) is 4.75. The molecule has 4 aromatic rings. The van der Waals surface area contributed by atoms with Crippen LogP contribution in [0.25, 0.3) is 10.9 Å². The highest BCUT2D eigenvalue weighted by Crippen LogP contribution is 2.26. The summed E-state index contributed by atoms with van der Waals surface area (Å²) >= 11 is 0. The number of nitrogens with one attached hydrogen (secondary N) is 3. The van der Waals surface area contributed by atoms with Crippen molar-refractivity contribution < 1.29 is 23.7 Å². The summed E-state index contributed by atoms with van der Waals surface area (Å²) in [4.78, 5) is 35.7. The quantitative estimate of drug-likeness (QED) is 0.203. The number of nitrogens with zero attached hydrogens (tertiary/aromatic N) is 2. The van der Waals surface area contributed by atoms with Crippen LogP contribution in [0.4, 0.5) is 20.6 Å². The van der Waals surface area contributed by atoms with Crippen molar-refractivity contribution in [3.05, 3.63) is 96.3 Å². The molecule has 0 aliphatic rings. The minimum absolute atomic E-state index is 0.00793. The molecule has 10 nitrogen and oxygen atoms in total. The summed E-state index contributed by atoms with van der Waals surface area (Å²) < 4.78 is 20.4. The average Bonchev–Trinajstić information content (AvgIpc) is 2.89. The Morgan fingerprint density at radius 3 is 2.55 bits per heavy atom. The van der Waals surface area contributed by atoms with Gasteiger partial charge in [-0.05, 0) is 36.4 Å². The van der Waals surface area contributed by atoms with Gasteiger partial charge in [0, 0.05) is 53.0 Å². The first kappa shape index (κ1) is 27.7. The van der Waals surface area contributed by atoms with Crippen LogP contribution in [-0.2, 0) is 0 Å². The van der Waals surface area contributed by atoms with E-state index in [9.17, 15) is 14.0 Å². The molecule has 0 bridgehead atoms. The zero-order chi connectivity index (χ0) is 28.9. The van der Waals surface area contributed by atoms with E-state index in [2.05, 4.69) is 25.6 Å². The number of aliphatic imine (C=N–C) groups is 1. The fourth-order valence-corrected chi connectivity index (χ4v) is 3.45. The van der Waals surface area contributed by atoms with Crippen LogP contribution in [0.1, 0.15) is 31.3 Å². The summed E-state index contributed by atoms with van der Waals surface area (Å²) in [5.74, 6) is -0.902. The van der Waals surface area contributed by atoms with Gasteiger partial charge in [0.2, 0.25) is 5.52 Å². The molecule has 7 N–H and O–H groups in total. The van der Waals surface area contributed by atoms with Crippen molar-refractivity contribution in [2.75, 3.05) is 5.32 Å². The number of urea groups is 1. The maximum absolute atomic E-state index is 14.8. The van der Waals surface area contributed by atoms with Crippen molar-refractivity contribution in [2.24, 2.45) is 21.9 Å². The van der Waals surface area contributed by atoms with Crippen molar-refractivity contribution in [2.45, 2.75) is 20.8 Å². The number of aromatic nitrogens is 2. The first-order valence-corrected chi connectivity index (χ1v) is 12.3. The number of nitrogens with two attached hydrogens (primary N) is 2. The minimum Gasteiger partial charge on any atom is -0.457 e. The smallest absolute Gasteiger partial charge is 0.324 e. The van der Waals surface area contributed by atoms with E-state index >= 15 is 0 Å². The van der Waals surface area contributed by atoms with Gasteiger partial charge in [0.1, 0.15) is 28.8 Å². The zero-order valence-corrected chi connectivity index (χ0v) is 22.2. The Morgan fingerprint density at radius 1 is 1.05 bits per heavy atom. The molecule has 2 heterocycles. The van der Waals surface area contributed by atoms with Gasteiger partial charge in [-0.3, -0.25) is 15.1 Å². The molecule has 11 heteroatoms. The molecule has 0 aliphatic heterocycles. The number of carbonyl (C=O) groups excluding carboxylic acids is 2. The molecule has 0 saturated carbocycles. The number of hydrogen-bond acceptors (Lipinski definition) is 6. The number of pyridine rings is 2. The van der Waals surface area contributed by atoms with Gasteiger partial charge in [0.05, 0.1) is 11.4 Å². The van der Waals surface area contributed by atoms with Crippen LogP contribution in [0.15, 0.2) is 89.8 Å². The fraction of sp³-hybridized carbons (Fsp3) is 0.138. The van der Waals surface area contributed by atoms with Gasteiger partial charge >= 0.3 is 6.03 Å². The van der Waals surface area contributed by atoms with Gasteiger partial charge in [0.15, 0.2) is 6.20 Å². The number of benzene rings is 2. The number of fused-ring (bicyclic) bond motifs is 1. The van der Waals surface area contributed by atoms with Gasteiger partial charge < -0.3 is 21.5 Å². The first-order valence-electron chi connectivity index (χ1n) is 12.3. The zero-order valence-electron chi connectivity index (χ0n) is 22.2. The van der Waals surface area contributed by atoms with Crippen molar-refractivity contribution >= 4 is 40.1 Å². The third-order valence-electron chi connectivity index (χ3n) is 5.70. The van der Waals surface area contributed by atoms with Gasteiger partial charge in [-0.15, -0.1) is 0 Å². The molecule has 2 aromatic carbocycles. The largest absolute Gasteiger partial charge is 0.457 e. The van der Waals surface area contributed by atoms with E-state index in [4.69, 9.17) is 16.2 Å². The summed E-state index contributed by atoms with van der Waals surface area (Å²) in [7, 11) is 0. The molecule has 0 aliphatic carbocycles. The second kappa shape index (κ2) is 11.6. The number of H-pyrrole nitrogens is 1. The van der Waals surface area contributed by atoms with Crippen LogP contribution in [0, 0.1) is 11.2 Å². The molecule has 3 amide bonds. The number of amidine groups is 1. The Balaban J connectivity index is 1.53. The number of allylic oxidation sites excluding steroid dienone is 1. The lowest BCUT2D eigenvalue weighted by Crippen LogP contribution is -2.34. The highest BCUT2D eigenvalue weighted by atomic mass is 19.1. The van der Waals surface area contributed by atoms with Crippen LogP contribution >= 0.6 is 0 Å². The molecule has 0 unspecified atom stereocenters. The molecule has 0 saturated heterocycles. The first-order chi connectivity index (χ1) is 19.0. The summed E-state index contributed by atoms with van der Waals surface area (Å²) in [6.45, 7) is 5.80. The van der Waals surface area contributed by atoms with Gasteiger partial charge in [-0.2, -0.15) is 0 Å². The second-order valence-corrected chi connectivity index (χ2v) is 9.85. The minimum atomic E-state index is -0.745. The summed E-state index contributed by atoms with van der Waals surface area (Å²) in [5.41, 5.74) is 13.0. The number of amides is 3. The van der Waals surface area contributed by atoms with E-state index in [1.54, 1.807) is 12.1 Å². The van der Waals surface area contributed by atoms with Crippen LogP contribution in [0.3, 0.4) is 0 Å². The van der Waals surface area contributed by atoms with Crippen molar-refractivity contribution in [3.8, 4) is 11.5 Å². The SMILES string of the molecule is CC(C)(C)/C(N)=C/C(=Nc1ccc2[nH+]cccc2c1)NC(=O)Nc1ccc(Oc2ccnc(C(N)=O)c2)cc1F. The average molecular weight is 543 g/mol. The highest BCUT2D eigenvalue weighted by molar-refractivity contribution is 6.09. The Hall–Kier alpha value is -5.32. The Bertz CT molecular complexity index is 1640. The maximum atomic E-state index is 14.8. The monoisotopic (exact) mass is 542 g/mol. The lowest BCUT2D eigenvalue weighted by Gasteiger charge is -2.19. The number of carbonyl (C=O) groups is 2. The number of aromatic amines is 1. The number of primary amides is 1.